The molecule has 4 nitrogen and oxygen atoms in total. The van der Waals surface area contributed by atoms with Crippen molar-refractivity contribution in [2.75, 3.05) is 19.4 Å². The highest BCUT2D eigenvalue weighted by atomic mass is 35.5. The fraction of sp³-hybridized carbons (Fsp3) is 0.333. The summed E-state index contributed by atoms with van der Waals surface area (Å²) in [5, 5.41) is 6.44. The summed E-state index contributed by atoms with van der Waals surface area (Å²) in [7, 11) is 3.99. The lowest BCUT2D eigenvalue weighted by Crippen LogP contribution is -2.15. The molecule has 0 bridgehead atoms. The molecule has 112 valence electrons. The van der Waals surface area contributed by atoms with Crippen LogP contribution in [0.2, 0.25) is 5.02 Å². The largest absolute Gasteiger partial charge is 0.325 e. The van der Waals surface area contributed by atoms with Crippen molar-refractivity contribution in [2.45, 2.75) is 19.9 Å². The van der Waals surface area contributed by atoms with Crippen LogP contribution < -0.4 is 5.32 Å². The molecule has 0 radical (unpaired) electrons. The average Bonchev–Trinajstić information content (AvgIpc) is 2.80. The minimum atomic E-state index is -0.0814. The lowest BCUT2D eigenvalue weighted by atomic mass is 10.2. The van der Waals surface area contributed by atoms with E-state index in [2.05, 4.69) is 15.2 Å². The number of halogens is 1. The van der Waals surface area contributed by atoms with Crippen molar-refractivity contribution in [3.63, 3.8) is 0 Å². The van der Waals surface area contributed by atoms with Gasteiger partial charge in [0, 0.05) is 22.6 Å². The monoisotopic (exact) mass is 323 g/mol. The molecule has 0 atom stereocenters. The van der Waals surface area contributed by atoms with Gasteiger partial charge in [-0.05, 0) is 38.7 Å². The number of aromatic nitrogens is 1. The molecule has 1 aromatic carbocycles. The summed E-state index contributed by atoms with van der Waals surface area (Å²) in [6.45, 7) is 2.73. The predicted molar refractivity (Wildman–Crippen MR) is 88.0 cm³/mol. The molecule has 2 aromatic rings. The molecule has 2 rings (SSSR count). The highest BCUT2D eigenvalue weighted by molar-refractivity contribution is 7.09. The lowest BCUT2D eigenvalue weighted by molar-refractivity contribution is -0.115. The van der Waals surface area contributed by atoms with Gasteiger partial charge in [0.1, 0.15) is 5.01 Å². The molecule has 1 aromatic heterocycles. The van der Waals surface area contributed by atoms with Gasteiger partial charge in [0.15, 0.2) is 0 Å². The van der Waals surface area contributed by atoms with Crippen LogP contribution in [0.3, 0.4) is 0 Å². The Morgan fingerprint density at radius 3 is 2.90 bits per heavy atom. The fourth-order valence-corrected chi connectivity index (χ4v) is 2.94. The van der Waals surface area contributed by atoms with Crippen molar-refractivity contribution in [1.29, 1.82) is 0 Å². The molecular weight excluding hydrogens is 306 g/mol. The van der Waals surface area contributed by atoms with Gasteiger partial charge in [0.25, 0.3) is 0 Å². The van der Waals surface area contributed by atoms with E-state index < -0.39 is 0 Å². The Morgan fingerprint density at radius 2 is 2.19 bits per heavy atom. The predicted octanol–water partition coefficient (Wildman–Crippen LogP) is 3.35. The number of nitrogens with one attached hydrogen (secondary N) is 1. The van der Waals surface area contributed by atoms with Crippen molar-refractivity contribution in [3.05, 3.63) is 44.9 Å². The smallest absolute Gasteiger partial charge is 0.230 e. The van der Waals surface area contributed by atoms with Crippen LogP contribution in [-0.4, -0.2) is 29.9 Å². The molecule has 1 N–H and O–H groups in total. The Labute approximate surface area is 133 Å². The molecule has 0 unspecified atom stereocenters. The van der Waals surface area contributed by atoms with Crippen LogP contribution >= 0.6 is 22.9 Å². The minimum absolute atomic E-state index is 0.0814. The normalized spacial score (nSPS) is 10.9. The summed E-state index contributed by atoms with van der Waals surface area (Å²) >= 11 is 7.52. The number of anilines is 1. The Bertz CT molecular complexity index is 640. The van der Waals surface area contributed by atoms with Crippen molar-refractivity contribution in [2.24, 2.45) is 0 Å². The third kappa shape index (κ3) is 4.81. The molecule has 0 saturated carbocycles. The van der Waals surface area contributed by atoms with Crippen LogP contribution in [0.25, 0.3) is 0 Å². The van der Waals surface area contributed by atoms with Gasteiger partial charge in [-0.25, -0.2) is 4.98 Å². The Morgan fingerprint density at radius 1 is 1.43 bits per heavy atom. The highest BCUT2D eigenvalue weighted by Gasteiger charge is 2.10. The summed E-state index contributed by atoms with van der Waals surface area (Å²) in [5.74, 6) is -0.0814. The number of carbonyl (C=O) groups excluding carboxylic acids is 1. The summed E-state index contributed by atoms with van der Waals surface area (Å²) in [6.07, 6.45) is 0.274. The van der Waals surface area contributed by atoms with E-state index in [1.54, 1.807) is 23.5 Å². The van der Waals surface area contributed by atoms with Crippen molar-refractivity contribution in [3.8, 4) is 0 Å². The molecule has 0 fully saturated rings. The van der Waals surface area contributed by atoms with Gasteiger partial charge in [0.2, 0.25) is 5.91 Å². The number of amides is 1. The maximum atomic E-state index is 12.1. The highest BCUT2D eigenvalue weighted by Crippen LogP contribution is 2.20. The Hall–Kier alpha value is -1.43. The number of aryl methyl sites for hydroxylation is 1. The van der Waals surface area contributed by atoms with E-state index in [0.29, 0.717) is 5.02 Å². The lowest BCUT2D eigenvalue weighted by Gasteiger charge is -2.08. The topological polar surface area (TPSA) is 45.2 Å². The molecule has 0 spiro atoms. The van der Waals surface area contributed by atoms with E-state index in [4.69, 9.17) is 11.6 Å². The summed E-state index contributed by atoms with van der Waals surface area (Å²) < 4.78 is 0. The first-order valence-electron chi connectivity index (χ1n) is 6.58. The molecule has 21 heavy (non-hydrogen) atoms. The zero-order valence-electron chi connectivity index (χ0n) is 12.3. The van der Waals surface area contributed by atoms with Gasteiger partial charge in [-0.2, -0.15) is 0 Å². The third-order valence-corrected chi connectivity index (χ3v) is 3.98. The number of hydrogen-bond donors (Lipinski definition) is 1. The van der Waals surface area contributed by atoms with Crippen LogP contribution in [0.5, 0.6) is 0 Å². The molecule has 0 saturated heterocycles. The van der Waals surface area contributed by atoms with Gasteiger partial charge >= 0.3 is 0 Å². The zero-order valence-corrected chi connectivity index (χ0v) is 13.9. The molecule has 0 aliphatic rings. The number of carbonyl (C=O) groups is 1. The third-order valence-electron chi connectivity index (χ3n) is 2.87. The van der Waals surface area contributed by atoms with Crippen molar-refractivity contribution >= 4 is 34.5 Å². The van der Waals surface area contributed by atoms with E-state index in [9.17, 15) is 4.79 Å². The quantitative estimate of drug-likeness (QED) is 0.917. The Kier molecular flexibility index (Phi) is 5.33. The molecule has 1 heterocycles. The van der Waals surface area contributed by atoms with E-state index in [1.807, 2.05) is 32.5 Å². The van der Waals surface area contributed by atoms with Crippen molar-refractivity contribution in [1.82, 2.24) is 9.88 Å². The maximum absolute atomic E-state index is 12.1. The SMILES string of the molecule is Cc1ccc(Cl)cc1NC(=O)Cc1csc(CN(C)C)n1. The summed E-state index contributed by atoms with van der Waals surface area (Å²) in [4.78, 5) is 18.6. The van der Waals surface area contributed by atoms with E-state index >= 15 is 0 Å². The van der Waals surface area contributed by atoms with Gasteiger partial charge in [-0.1, -0.05) is 17.7 Å². The van der Waals surface area contributed by atoms with Crippen LogP contribution in [0.4, 0.5) is 5.69 Å². The standard InChI is InChI=1S/C15H18ClN3OS/c1-10-4-5-11(16)6-13(10)18-14(20)7-12-9-21-15(17-12)8-19(2)3/h4-6,9H,7-8H2,1-3H3,(H,18,20). The maximum Gasteiger partial charge on any atom is 0.230 e. The van der Waals surface area contributed by atoms with Gasteiger partial charge in [-0.3, -0.25) is 4.79 Å². The van der Waals surface area contributed by atoms with Crippen LogP contribution in [-0.2, 0) is 17.8 Å². The van der Waals surface area contributed by atoms with Gasteiger partial charge < -0.3 is 10.2 Å². The molecule has 1 amide bonds. The number of thiazole rings is 1. The fourth-order valence-electron chi connectivity index (χ4n) is 1.86. The summed E-state index contributed by atoms with van der Waals surface area (Å²) in [6, 6.07) is 5.45. The first-order valence-corrected chi connectivity index (χ1v) is 7.84. The van der Waals surface area contributed by atoms with Crippen molar-refractivity contribution < 1.29 is 4.79 Å². The average molecular weight is 324 g/mol. The number of rotatable bonds is 5. The zero-order chi connectivity index (χ0) is 15.4. The molecule has 6 heteroatoms. The molecule has 0 aliphatic heterocycles. The Balaban J connectivity index is 1.98. The molecular formula is C15H18ClN3OS. The van der Waals surface area contributed by atoms with Crippen LogP contribution in [0, 0.1) is 6.92 Å². The second-order valence-electron chi connectivity index (χ2n) is 5.15. The number of nitrogens with zero attached hydrogens (tertiary/aromatic N) is 2. The number of benzene rings is 1. The first kappa shape index (κ1) is 15.9. The molecule has 0 aliphatic carbocycles. The van der Waals surface area contributed by atoms with Crippen LogP contribution in [0.1, 0.15) is 16.3 Å². The second kappa shape index (κ2) is 7.02. The first-order chi connectivity index (χ1) is 9.94. The summed E-state index contributed by atoms with van der Waals surface area (Å²) in [5.41, 5.74) is 2.53. The minimum Gasteiger partial charge on any atom is -0.325 e. The number of hydrogen-bond acceptors (Lipinski definition) is 4. The van der Waals surface area contributed by atoms with E-state index in [-0.39, 0.29) is 12.3 Å². The second-order valence-corrected chi connectivity index (χ2v) is 6.53. The van der Waals surface area contributed by atoms with E-state index in [0.717, 1.165) is 28.5 Å². The van der Waals surface area contributed by atoms with Gasteiger partial charge in [-0.15, -0.1) is 11.3 Å². The van der Waals surface area contributed by atoms with Crippen LogP contribution in [0.15, 0.2) is 23.6 Å². The van der Waals surface area contributed by atoms with E-state index in [1.165, 1.54) is 0 Å². The van der Waals surface area contributed by atoms with Gasteiger partial charge in [0.05, 0.1) is 12.1 Å².